The summed E-state index contributed by atoms with van der Waals surface area (Å²) in [6, 6.07) is 7.80. The molecule has 1 heterocycles. The van der Waals surface area contributed by atoms with Gasteiger partial charge in [-0.05, 0) is 34.9 Å². The van der Waals surface area contributed by atoms with Gasteiger partial charge in [-0.2, -0.15) is 0 Å². The van der Waals surface area contributed by atoms with Crippen molar-refractivity contribution in [1.82, 2.24) is 0 Å². The Morgan fingerprint density at radius 2 is 1.80 bits per heavy atom. The van der Waals surface area contributed by atoms with Crippen LogP contribution in [0.1, 0.15) is 46.6 Å². The predicted octanol–water partition coefficient (Wildman–Crippen LogP) is 5.00. The van der Waals surface area contributed by atoms with Gasteiger partial charge in [-0.1, -0.05) is 46.8 Å². The Morgan fingerprint density at radius 1 is 1.20 bits per heavy atom. The predicted molar refractivity (Wildman–Crippen MR) is 82.6 cm³/mol. The maximum Gasteiger partial charge on any atom is 0.379 e. The number of benzene rings is 1. The van der Waals surface area contributed by atoms with Crippen molar-refractivity contribution in [1.29, 1.82) is 0 Å². The Morgan fingerprint density at radius 3 is 2.25 bits per heavy atom. The summed E-state index contributed by atoms with van der Waals surface area (Å²) in [6.45, 7) is 11.2. The maximum absolute atomic E-state index is 12.5. The molecule has 4 heteroatoms. The third-order valence-corrected chi connectivity index (χ3v) is 5.46. The molecule has 0 saturated carbocycles. The van der Waals surface area contributed by atoms with Gasteiger partial charge >= 0.3 is 7.60 Å². The van der Waals surface area contributed by atoms with Gasteiger partial charge in [0.05, 0.1) is 12.8 Å². The highest BCUT2D eigenvalue weighted by molar-refractivity contribution is 7.54. The Bertz CT molecular complexity index is 498. The minimum absolute atomic E-state index is 0.0906. The lowest BCUT2D eigenvalue weighted by Gasteiger charge is -2.33. The summed E-state index contributed by atoms with van der Waals surface area (Å²) in [7, 11) is -2.97. The van der Waals surface area contributed by atoms with Crippen molar-refractivity contribution in [3.8, 4) is 5.75 Å². The molecule has 1 aromatic rings. The van der Waals surface area contributed by atoms with Crippen molar-refractivity contribution in [2.24, 2.45) is 5.41 Å². The van der Waals surface area contributed by atoms with Gasteiger partial charge in [0.1, 0.15) is 5.75 Å². The third-order valence-electron chi connectivity index (χ3n) is 3.68. The summed E-state index contributed by atoms with van der Waals surface area (Å²) in [5.41, 5.74) is 1.43. The van der Waals surface area contributed by atoms with Crippen LogP contribution in [0, 0.1) is 5.41 Å². The summed E-state index contributed by atoms with van der Waals surface area (Å²) in [4.78, 5) is 0. The normalized spacial score (nSPS) is 26.2. The summed E-state index contributed by atoms with van der Waals surface area (Å²) in [5.74, 6) is 0.626. The average molecular weight is 296 g/mol. The van der Waals surface area contributed by atoms with E-state index in [0.717, 1.165) is 6.42 Å². The molecule has 0 aliphatic carbocycles. The molecular formula is C16H25O3P. The fraction of sp³-hybridized carbons (Fsp3) is 0.625. The third kappa shape index (κ3) is 3.86. The van der Waals surface area contributed by atoms with Gasteiger partial charge in [-0.25, -0.2) is 4.57 Å². The van der Waals surface area contributed by atoms with E-state index < -0.39 is 7.60 Å². The molecule has 0 N–H and O–H groups in total. The highest BCUT2D eigenvalue weighted by atomic mass is 31.2. The zero-order valence-electron chi connectivity index (χ0n) is 13.1. The van der Waals surface area contributed by atoms with Crippen LogP contribution in [-0.2, 0) is 14.5 Å². The van der Waals surface area contributed by atoms with Crippen molar-refractivity contribution >= 4 is 7.60 Å². The Hall–Kier alpha value is -0.790. The molecule has 20 heavy (non-hydrogen) atoms. The minimum atomic E-state index is -2.97. The molecule has 0 aromatic heterocycles. The zero-order valence-corrected chi connectivity index (χ0v) is 14.0. The molecule has 1 aliphatic heterocycles. The lowest BCUT2D eigenvalue weighted by Crippen LogP contribution is -2.26. The highest BCUT2D eigenvalue weighted by Crippen LogP contribution is 2.54. The highest BCUT2D eigenvalue weighted by Gasteiger charge is 2.37. The molecule has 0 spiro atoms. The van der Waals surface area contributed by atoms with Crippen LogP contribution in [-0.4, -0.2) is 12.8 Å². The van der Waals surface area contributed by atoms with Crippen LogP contribution < -0.4 is 4.52 Å². The van der Waals surface area contributed by atoms with E-state index in [0.29, 0.717) is 18.5 Å². The number of rotatable bonds is 2. The van der Waals surface area contributed by atoms with E-state index in [4.69, 9.17) is 9.05 Å². The second kappa shape index (κ2) is 5.20. The van der Waals surface area contributed by atoms with Crippen LogP contribution in [0.4, 0.5) is 0 Å². The Labute approximate surface area is 122 Å². The molecule has 1 fully saturated rings. The molecule has 1 saturated heterocycles. The molecule has 2 rings (SSSR count). The maximum atomic E-state index is 12.5. The molecular weight excluding hydrogens is 271 g/mol. The number of hydrogen-bond donors (Lipinski definition) is 0. The molecule has 1 aliphatic rings. The second-order valence-electron chi connectivity index (χ2n) is 7.39. The first-order valence-electron chi connectivity index (χ1n) is 7.14. The lowest BCUT2D eigenvalue weighted by molar-refractivity contribution is 0.134. The molecule has 1 atom stereocenters. The van der Waals surface area contributed by atoms with Crippen LogP contribution in [0.15, 0.2) is 24.3 Å². The molecule has 1 aromatic carbocycles. The van der Waals surface area contributed by atoms with Crippen molar-refractivity contribution in [2.75, 3.05) is 12.8 Å². The SMILES string of the molecule is CC1(C)CCP(=O)(Oc2ccc(C(C)(C)C)cc2)OC1. The largest absolute Gasteiger partial charge is 0.424 e. The lowest BCUT2D eigenvalue weighted by atomic mass is 9.87. The standard InChI is InChI=1S/C16H25O3P/c1-15(2,3)13-6-8-14(9-7-13)19-20(17)11-10-16(4,5)12-18-20/h6-9H,10-12H2,1-5H3. The minimum Gasteiger partial charge on any atom is -0.424 e. The van der Waals surface area contributed by atoms with Gasteiger partial charge in [0.25, 0.3) is 0 Å². The molecule has 0 amide bonds. The van der Waals surface area contributed by atoms with E-state index in [2.05, 4.69) is 34.6 Å². The average Bonchev–Trinajstić information content (AvgIpc) is 2.33. The van der Waals surface area contributed by atoms with E-state index in [9.17, 15) is 4.57 Å². The van der Waals surface area contributed by atoms with Gasteiger partial charge in [0.2, 0.25) is 0 Å². The van der Waals surface area contributed by atoms with Crippen molar-refractivity contribution < 1.29 is 13.6 Å². The second-order valence-corrected chi connectivity index (χ2v) is 9.50. The van der Waals surface area contributed by atoms with Crippen LogP contribution in [0.3, 0.4) is 0 Å². The molecule has 112 valence electrons. The fourth-order valence-corrected chi connectivity index (χ4v) is 4.24. The van der Waals surface area contributed by atoms with Gasteiger partial charge in [0, 0.05) is 0 Å². The van der Waals surface area contributed by atoms with Crippen LogP contribution in [0.5, 0.6) is 5.75 Å². The van der Waals surface area contributed by atoms with Crippen LogP contribution >= 0.6 is 7.60 Å². The van der Waals surface area contributed by atoms with Crippen molar-refractivity contribution in [3.05, 3.63) is 29.8 Å². The fourth-order valence-electron chi connectivity index (χ4n) is 2.10. The first-order chi connectivity index (χ1) is 9.10. The topological polar surface area (TPSA) is 35.5 Å². The molecule has 0 radical (unpaired) electrons. The summed E-state index contributed by atoms with van der Waals surface area (Å²) >= 11 is 0. The van der Waals surface area contributed by atoms with Gasteiger partial charge < -0.3 is 4.52 Å². The van der Waals surface area contributed by atoms with Crippen LogP contribution in [0.25, 0.3) is 0 Å². The zero-order chi connectivity index (χ0) is 15.0. The number of hydrogen-bond acceptors (Lipinski definition) is 3. The Kier molecular flexibility index (Phi) is 4.05. The van der Waals surface area contributed by atoms with E-state index in [1.165, 1.54) is 5.56 Å². The first kappa shape index (κ1) is 15.6. The Balaban J connectivity index is 2.06. The van der Waals surface area contributed by atoms with E-state index in [1.54, 1.807) is 0 Å². The van der Waals surface area contributed by atoms with E-state index in [-0.39, 0.29) is 10.8 Å². The molecule has 0 bridgehead atoms. The quantitative estimate of drug-likeness (QED) is 0.720. The smallest absolute Gasteiger partial charge is 0.379 e. The molecule has 3 nitrogen and oxygen atoms in total. The van der Waals surface area contributed by atoms with Gasteiger partial charge in [0.15, 0.2) is 0 Å². The summed E-state index contributed by atoms with van der Waals surface area (Å²) in [5, 5.41) is 0. The summed E-state index contributed by atoms with van der Waals surface area (Å²) < 4.78 is 23.7. The van der Waals surface area contributed by atoms with Crippen molar-refractivity contribution in [2.45, 2.75) is 46.5 Å². The first-order valence-corrected chi connectivity index (χ1v) is 8.86. The van der Waals surface area contributed by atoms with Gasteiger partial charge in [-0.15, -0.1) is 0 Å². The summed E-state index contributed by atoms with van der Waals surface area (Å²) in [6.07, 6.45) is 1.35. The molecule has 1 unspecified atom stereocenters. The van der Waals surface area contributed by atoms with E-state index in [1.807, 2.05) is 24.3 Å². The van der Waals surface area contributed by atoms with Gasteiger partial charge in [-0.3, -0.25) is 4.52 Å². The van der Waals surface area contributed by atoms with E-state index >= 15 is 0 Å². The van der Waals surface area contributed by atoms with Crippen molar-refractivity contribution in [3.63, 3.8) is 0 Å². The van der Waals surface area contributed by atoms with Crippen LogP contribution in [0.2, 0.25) is 0 Å². The monoisotopic (exact) mass is 296 g/mol.